The van der Waals surface area contributed by atoms with Gasteiger partial charge in [0.15, 0.2) is 0 Å². The Morgan fingerprint density at radius 2 is 2.04 bits per heavy atom. The van der Waals surface area contributed by atoms with Crippen LogP contribution in [-0.4, -0.2) is 45.9 Å². The summed E-state index contributed by atoms with van der Waals surface area (Å²) in [4.78, 5) is 38.9. The molecule has 6 heteroatoms. The van der Waals surface area contributed by atoms with Crippen molar-refractivity contribution in [2.24, 2.45) is 11.8 Å². The third-order valence-electron chi connectivity index (χ3n) is 5.88. The summed E-state index contributed by atoms with van der Waals surface area (Å²) in [6.07, 6.45) is 10.7. The van der Waals surface area contributed by atoms with Crippen LogP contribution >= 0.6 is 0 Å². The molecule has 0 radical (unpaired) electrons. The van der Waals surface area contributed by atoms with Gasteiger partial charge in [0, 0.05) is 18.4 Å². The summed E-state index contributed by atoms with van der Waals surface area (Å²) < 4.78 is 0. The number of nitrogens with one attached hydrogen (secondary N) is 1. The largest absolute Gasteiger partial charge is 0.479 e. The number of rotatable bonds is 1. The number of hydrogen-bond acceptors (Lipinski definition) is 3. The van der Waals surface area contributed by atoms with Crippen molar-refractivity contribution in [3.05, 3.63) is 12.2 Å². The zero-order valence-electron chi connectivity index (χ0n) is 14.9. The molecule has 3 rings (SSSR count). The lowest BCUT2D eigenvalue weighted by atomic mass is 10.0. The third-order valence-corrected chi connectivity index (χ3v) is 5.88. The molecule has 0 aromatic carbocycles. The van der Waals surface area contributed by atoms with Gasteiger partial charge in [0.1, 0.15) is 11.6 Å². The van der Waals surface area contributed by atoms with Crippen LogP contribution in [0.25, 0.3) is 0 Å². The van der Waals surface area contributed by atoms with Crippen molar-refractivity contribution in [1.82, 2.24) is 10.2 Å². The average molecular weight is 348 g/mol. The summed E-state index contributed by atoms with van der Waals surface area (Å²) in [6.45, 7) is 2.52. The van der Waals surface area contributed by atoms with E-state index >= 15 is 0 Å². The summed E-state index contributed by atoms with van der Waals surface area (Å²) in [5, 5.41) is 12.4. The minimum Gasteiger partial charge on any atom is -0.479 e. The topological polar surface area (TPSA) is 86.7 Å². The molecule has 0 spiro atoms. The molecule has 25 heavy (non-hydrogen) atoms. The molecule has 2 heterocycles. The SMILES string of the molecule is C[C@H]1CCCCC/C=C\[C@@H]2C[C@@]2(C(=O)O)NC(=O)[C@@H]2CCCN2C1=O. The number of carboxylic acids is 1. The number of amides is 2. The number of hydrogen-bond donors (Lipinski definition) is 2. The van der Waals surface area contributed by atoms with Gasteiger partial charge < -0.3 is 15.3 Å². The fraction of sp³-hybridized carbons (Fsp3) is 0.737. The van der Waals surface area contributed by atoms with Gasteiger partial charge in [-0.05, 0) is 38.5 Å². The van der Waals surface area contributed by atoms with Crippen molar-refractivity contribution in [1.29, 1.82) is 0 Å². The maximum absolute atomic E-state index is 12.7. The van der Waals surface area contributed by atoms with Crippen LogP contribution in [0.4, 0.5) is 0 Å². The van der Waals surface area contributed by atoms with Gasteiger partial charge in [-0.25, -0.2) is 4.79 Å². The first-order valence-electron chi connectivity index (χ1n) is 9.48. The highest BCUT2D eigenvalue weighted by molar-refractivity contribution is 5.95. The monoisotopic (exact) mass is 348 g/mol. The molecule has 0 unspecified atom stereocenters. The minimum absolute atomic E-state index is 0.0300. The molecule has 6 nitrogen and oxygen atoms in total. The highest BCUT2D eigenvalue weighted by Crippen LogP contribution is 2.45. The highest BCUT2D eigenvalue weighted by atomic mass is 16.4. The lowest BCUT2D eigenvalue weighted by Crippen LogP contribution is -2.53. The molecule has 3 aliphatic rings. The summed E-state index contributed by atoms with van der Waals surface area (Å²) in [7, 11) is 0. The maximum atomic E-state index is 12.7. The number of fused-ring (bicyclic) bond motifs is 2. The molecular formula is C19H28N2O4. The van der Waals surface area contributed by atoms with Crippen molar-refractivity contribution in [2.45, 2.75) is 69.9 Å². The highest BCUT2D eigenvalue weighted by Gasteiger charge is 2.61. The molecule has 0 bridgehead atoms. The number of allylic oxidation sites excluding steroid dienone is 1. The van der Waals surface area contributed by atoms with Crippen LogP contribution in [0.2, 0.25) is 0 Å². The van der Waals surface area contributed by atoms with Crippen LogP contribution in [0.1, 0.15) is 58.3 Å². The van der Waals surface area contributed by atoms with E-state index in [1.54, 1.807) is 4.90 Å². The summed E-state index contributed by atoms with van der Waals surface area (Å²) in [5.41, 5.74) is -1.18. The van der Waals surface area contributed by atoms with Crippen LogP contribution in [-0.2, 0) is 14.4 Å². The van der Waals surface area contributed by atoms with Gasteiger partial charge in [-0.2, -0.15) is 0 Å². The van der Waals surface area contributed by atoms with Crippen LogP contribution in [0, 0.1) is 11.8 Å². The zero-order valence-corrected chi connectivity index (χ0v) is 14.9. The standard InChI is InChI=1S/C19H28N2O4/c1-13-8-5-3-2-4-6-9-14-12-19(14,18(24)25)20-16(22)15-10-7-11-21(15)17(13)23/h6,9,13-15H,2-5,7-8,10-12H2,1H3,(H,20,22)(H,24,25)/b9-6-/t13-,14+,15-,19+/m0/s1. The Morgan fingerprint density at radius 3 is 2.80 bits per heavy atom. The first-order chi connectivity index (χ1) is 12.0. The molecule has 0 aromatic heterocycles. The predicted molar refractivity (Wildman–Crippen MR) is 92.7 cm³/mol. The van der Waals surface area contributed by atoms with Gasteiger partial charge in [0.2, 0.25) is 11.8 Å². The molecule has 1 saturated heterocycles. The Bertz CT molecular complexity index is 588. The molecule has 2 aliphatic heterocycles. The van der Waals surface area contributed by atoms with Gasteiger partial charge >= 0.3 is 5.97 Å². The van der Waals surface area contributed by atoms with Gasteiger partial charge in [0.25, 0.3) is 0 Å². The van der Waals surface area contributed by atoms with E-state index in [4.69, 9.17) is 0 Å². The lowest BCUT2D eigenvalue weighted by Gasteiger charge is -2.28. The lowest BCUT2D eigenvalue weighted by molar-refractivity contribution is -0.146. The van der Waals surface area contributed by atoms with Crippen molar-refractivity contribution >= 4 is 17.8 Å². The van der Waals surface area contributed by atoms with E-state index in [0.29, 0.717) is 19.4 Å². The smallest absolute Gasteiger partial charge is 0.330 e. The molecule has 138 valence electrons. The van der Waals surface area contributed by atoms with Crippen molar-refractivity contribution in [2.75, 3.05) is 6.54 Å². The number of carbonyl (C=O) groups excluding carboxylic acids is 2. The van der Waals surface area contributed by atoms with E-state index in [-0.39, 0.29) is 23.7 Å². The Hall–Kier alpha value is -1.85. The molecule has 0 aromatic rings. The van der Waals surface area contributed by atoms with Crippen LogP contribution < -0.4 is 5.32 Å². The molecule has 2 fully saturated rings. The van der Waals surface area contributed by atoms with Gasteiger partial charge in [-0.3, -0.25) is 9.59 Å². The second-order valence-electron chi connectivity index (χ2n) is 7.73. The number of nitrogens with zero attached hydrogens (tertiary/aromatic N) is 1. The second kappa shape index (κ2) is 7.18. The molecule has 1 aliphatic carbocycles. The minimum atomic E-state index is -1.18. The van der Waals surface area contributed by atoms with Gasteiger partial charge in [0.05, 0.1) is 0 Å². The number of carbonyl (C=O) groups is 3. The fourth-order valence-electron chi connectivity index (χ4n) is 4.13. The van der Waals surface area contributed by atoms with Crippen molar-refractivity contribution < 1.29 is 19.5 Å². The fourth-order valence-corrected chi connectivity index (χ4v) is 4.13. The Morgan fingerprint density at radius 1 is 1.24 bits per heavy atom. The normalized spacial score (nSPS) is 38.0. The first kappa shape index (κ1) is 18.0. The third kappa shape index (κ3) is 3.58. The summed E-state index contributed by atoms with van der Waals surface area (Å²) in [6, 6.07) is -0.526. The predicted octanol–water partition coefficient (Wildman–Crippen LogP) is 2.09. The van der Waals surface area contributed by atoms with Crippen LogP contribution in [0.15, 0.2) is 12.2 Å². The van der Waals surface area contributed by atoms with E-state index in [1.165, 1.54) is 0 Å². The molecule has 2 N–H and O–H groups in total. The quantitative estimate of drug-likeness (QED) is 0.711. The van der Waals surface area contributed by atoms with Gasteiger partial charge in [-0.1, -0.05) is 31.9 Å². The maximum Gasteiger partial charge on any atom is 0.330 e. The van der Waals surface area contributed by atoms with Crippen LogP contribution in [0.5, 0.6) is 0 Å². The zero-order chi connectivity index (χ0) is 18.0. The summed E-state index contributed by atoms with van der Waals surface area (Å²) in [5.74, 6) is -1.50. The molecule has 4 atom stereocenters. The molecule has 1 saturated carbocycles. The summed E-state index contributed by atoms with van der Waals surface area (Å²) >= 11 is 0. The molecular weight excluding hydrogens is 320 g/mol. The van der Waals surface area contributed by atoms with E-state index in [0.717, 1.165) is 38.5 Å². The average Bonchev–Trinajstić information content (AvgIpc) is 3.05. The number of aliphatic carboxylic acids is 1. The van der Waals surface area contributed by atoms with E-state index in [9.17, 15) is 19.5 Å². The van der Waals surface area contributed by atoms with Crippen molar-refractivity contribution in [3.8, 4) is 0 Å². The van der Waals surface area contributed by atoms with Crippen molar-refractivity contribution in [3.63, 3.8) is 0 Å². The van der Waals surface area contributed by atoms with E-state index < -0.39 is 17.6 Å². The number of carboxylic acid groups (broad SMARTS) is 1. The molecule has 2 amide bonds. The Balaban J connectivity index is 1.80. The van der Waals surface area contributed by atoms with E-state index in [1.807, 2.05) is 19.1 Å². The second-order valence-corrected chi connectivity index (χ2v) is 7.73. The Labute approximate surface area is 148 Å². The first-order valence-corrected chi connectivity index (χ1v) is 9.48. The van der Waals surface area contributed by atoms with E-state index in [2.05, 4.69) is 5.32 Å². The van der Waals surface area contributed by atoms with Gasteiger partial charge in [-0.15, -0.1) is 0 Å². The Kier molecular flexibility index (Phi) is 5.16. The van der Waals surface area contributed by atoms with Crippen LogP contribution in [0.3, 0.4) is 0 Å².